The zero-order valence-electron chi connectivity index (χ0n) is 11.3. The summed E-state index contributed by atoms with van der Waals surface area (Å²) in [6.07, 6.45) is 2.54. The van der Waals surface area contributed by atoms with Crippen molar-refractivity contribution in [1.29, 1.82) is 0 Å². The van der Waals surface area contributed by atoms with Crippen LogP contribution in [0.25, 0.3) is 0 Å². The molecule has 1 rings (SSSR count). The van der Waals surface area contributed by atoms with Crippen LogP contribution >= 0.6 is 0 Å². The van der Waals surface area contributed by atoms with Crippen LogP contribution in [0.15, 0.2) is 24.3 Å². The molecule has 3 N–H and O–H groups in total. The first kappa shape index (κ1) is 14.5. The lowest BCUT2D eigenvalue weighted by Gasteiger charge is -2.15. The van der Waals surface area contributed by atoms with E-state index in [1.165, 1.54) is 0 Å². The van der Waals surface area contributed by atoms with Gasteiger partial charge in [0.2, 0.25) is 5.91 Å². The predicted octanol–water partition coefficient (Wildman–Crippen LogP) is 2.33. The van der Waals surface area contributed by atoms with Gasteiger partial charge in [0.1, 0.15) is 0 Å². The van der Waals surface area contributed by atoms with Gasteiger partial charge in [0.15, 0.2) is 0 Å². The van der Waals surface area contributed by atoms with Crippen molar-refractivity contribution in [2.45, 2.75) is 26.2 Å². The molecule has 18 heavy (non-hydrogen) atoms. The molecule has 1 amide bonds. The fourth-order valence-corrected chi connectivity index (χ4v) is 1.83. The van der Waals surface area contributed by atoms with Crippen LogP contribution in [0.5, 0.6) is 0 Å². The van der Waals surface area contributed by atoms with Crippen LogP contribution in [0.1, 0.15) is 26.2 Å². The second-order valence-corrected chi connectivity index (χ2v) is 4.54. The first-order chi connectivity index (χ1) is 8.63. The molecule has 1 aromatic carbocycles. The number of nitrogen functional groups attached to an aromatic ring is 1. The maximum absolute atomic E-state index is 11.7. The molecular weight excluding hydrogens is 226 g/mol. The van der Waals surface area contributed by atoms with Crippen molar-refractivity contribution >= 4 is 17.3 Å². The average molecular weight is 249 g/mol. The topological polar surface area (TPSA) is 58.4 Å². The van der Waals surface area contributed by atoms with Crippen LogP contribution < -0.4 is 11.1 Å². The first-order valence-corrected chi connectivity index (χ1v) is 6.46. The molecule has 4 heteroatoms. The van der Waals surface area contributed by atoms with E-state index < -0.39 is 0 Å². The van der Waals surface area contributed by atoms with E-state index in [1.807, 2.05) is 18.2 Å². The van der Waals surface area contributed by atoms with Gasteiger partial charge in [0.05, 0.1) is 11.4 Å². The minimum atomic E-state index is 0.0257. The Labute approximate surface area is 109 Å². The molecular formula is C14H23N3O. The van der Waals surface area contributed by atoms with E-state index in [2.05, 4.69) is 24.2 Å². The number of amides is 1. The largest absolute Gasteiger partial charge is 0.397 e. The molecule has 0 aromatic heterocycles. The molecule has 0 fully saturated rings. The Morgan fingerprint density at radius 3 is 2.72 bits per heavy atom. The van der Waals surface area contributed by atoms with Crippen molar-refractivity contribution in [2.24, 2.45) is 0 Å². The molecule has 100 valence electrons. The SMILES string of the molecule is CCCN(C)CCCC(=O)Nc1ccccc1N. The summed E-state index contributed by atoms with van der Waals surface area (Å²) >= 11 is 0. The van der Waals surface area contributed by atoms with Crippen molar-refractivity contribution < 1.29 is 4.79 Å². The lowest BCUT2D eigenvalue weighted by molar-refractivity contribution is -0.116. The van der Waals surface area contributed by atoms with Crippen molar-refractivity contribution in [3.63, 3.8) is 0 Å². The molecule has 4 nitrogen and oxygen atoms in total. The quantitative estimate of drug-likeness (QED) is 0.729. The number of rotatable bonds is 7. The third kappa shape index (κ3) is 5.19. The number of nitrogens with two attached hydrogens (primary N) is 1. The molecule has 0 saturated heterocycles. The van der Waals surface area contributed by atoms with E-state index in [4.69, 9.17) is 5.73 Å². The van der Waals surface area contributed by atoms with Crippen LogP contribution in [0.2, 0.25) is 0 Å². The Morgan fingerprint density at radius 2 is 2.06 bits per heavy atom. The molecule has 0 radical (unpaired) electrons. The number of carbonyl (C=O) groups excluding carboxylic acids is 1. The molecule has 0 aliphatic carbocycles. The van der Waals surface area contributed by atoms with Gasteiger partial charge in [-0.1, -0.05) is 19.1 Å². The molecule has 1 aromatic rings. The highest BCUT2D eigenvalue weighted by Crippen LogP contribution is 2.16. The highest BCUT2D eigenvalue weighted by atomic mass is 16.1. The highest BCUT2D eigenvalue weighted by Gasteiger charge is 2.05. The monoisotopic (exact) mass is 249 g/mol. The lowest BCUT2D eigenvalue weighted by atomic mass is 10.2. The number of hydrogen-bond donors (Lipinski definition) is 2. The van der Waals surface area contributed by atoms with Gasteiger partial charge in [0.25, 0.3) is 0 Å². The van der Waals surface area contributed by atoms with Crippen molar-refractivity contribution in [1.82, 2.24) is 4.90 Å². The summed E-state index contributed by atoms with van der Waals surface area (Å²) in [4.78, 5) is 14.0. The minimum absolute atomic E-state index is 0.0257. The summed E-state index contributed by atoms with van der Waals surface area (Å²) in [5, 5.41) is 2.83. The highest BCUT2D eigenvalue weighted by molar-refractivity contribution is 5.93. The number of benzene rings is 1. The Morgan fingerprint density at radius 1 is 1.33 bits per heavy atom. The summed E-state index contributed by atoms with van der Waals surface area (Å²) < 4.78 is 0. The van der Waals surface area contributed by atoms with Crippen LogP contribution in [0.3, 0.4) is 0 Å². The van der Waals surface area contributed by atoms with Gasteiger partial charge in [-0.3, -0.25) is 4.79 Å². The van der Waals surface area contributed by atoms with Crippen LogP contribution in [-0.2, 0) is 4.79 Å². The van der Waals surface area contributed by atoms with Crippen molar-refractivity contribution in [2.75, 3.05) is 31.2 Å². The standard InChI is InChI=1S/C14H23N3O/c1-3-10-17(2)11-6-9-14(18)16-13-8-5-4-7-12(13)15/h4-5,7-8H,3,6,9-11,15H2,1-2H3,(H,16,18). The zero-order chi connectivity index (χ0) is 13.4. The molecule has 0 unspecified atom stereocenters. The fraction of sp³-hybridized carbons (Fsp3) is 0.500. The Hall–Kier alpha value is -1.55. The first-order valence-electron chi connectivity index (χ1n) is 6.46. The molecule has 0 bridgehead atoms. The number of anilines is 2. The molecule has 0 aliphatic rings. The number of nitrogens with one attached hydrogen (secondary N) is 1. The fourth-order valence-electron chi connectivity index (χ4n) is 1.83. The van der Waals surface area contributed by atoms with E-state index in [9.17, 15) is 4.79 Å². The normalized spacial score (nSPS) is 10.6. The summed E-state index contributed by atoms with van der Waals surface area (Å²) in [6.45, 7) is 4.18. The van der Waals surface area contributed by atoms with Gasteiger partial charge in [-0.15, -0.1) is 0 Å². The summed E-state index contributed by atoms with van der Waals surface area (Å²) in [6, 6.07) is 7.31. The summed E-state index contributed by atoms with van der Waals surface area (Å²) in [5.74, 6) is 0.0257. The molecule has 0 aliphatic heterocycles. The smallest absolute Gasteiger partial charge is 0.224 e. The van der Waals surface area contributed by atoms with Gasteiger partial charge in [-0.2, -0.15) is 0 Å². The molecule has 0 heterocycles. The van der Waals surface area contributed by atoms with E-state index in [1.54, 1.807) is 6.07 Å². The Kier molecular flexibility index (Phi) is 6.22. The van der Waals surface area contributed by atoms with Crippen molar-refractivity contribution in [3.8, 4) is 0 Å². The van der Waals surface area contributed by atoms with Gasteiger partial charge in [0, 0.05) is 6.42 Å². The van der Waals surface area contributed by atoms with E-state index in [0.29, 0.717) is 17.8 Å². The third-order valence-electron chi connectivity index (χ3n) is 2.78. The third-order valence-corrected chi connectivity index (χ3v) is 2.78. The number of nitrogens with zero attached hydrogens (tertiary/aromatic N) is 1. The second-order valence-electron chi connectivity index (χ2n) is 4.54. The minimum Gasteiger partial charge on any atom is -0.397 e. The molecule has 0 atom stereocenters. The number of carbonyl (C=O) groups is 1. The summed E-state index contributed by atoms with van der Waals surface area (Å²) in [7, 11) is 2.08. The van der Waals surface area contributed by atoms with Crippen LogP contribution in [0, 0.1) is 0 Å². The predicted molar refractivity (Wildman–Crippen MR) is 76.5 cm³/mol. The number of para-hydroxylation sites is 2. The van der Waals surface area contributed by atoms with E-state index in [-0.39, 0.29) is 5.91 Å². The van der Waals surface area contributed by atoms with Gasteiger partial charge < -0.3 is 16.0 Å². The maximum atomic E-state index is 11.7. The van der Waals surface area contributed by atoms with Gasteiger partial charge in [-0.05, 0) is 45.1 Å². The van der Waals surface area contributed by atoms with Crippen LogP contribution in [-0.4, -0.2) is 30.9 Å². The second kappa shape index (κ2) is 7.71. The Bertz CT molecular complexity index is 379. The summed E-state index contributed by atoms with van der Waals surface area (Å²) in [5.41, 5.74) is 7.07. The average Bonchev–Trinajstić information content (AvgIpc) is 2.32. The van der Waals surface area contributed by atoms with Gasteiger partial charge >= 0.3 is 0 Å². The Balaban J connectivity index is 2.28. The molecule has 0 spiro atoms. The van der Waals surface area contributed by atoms with Gasteiger partial charge in [-0.25, -0.2) is 0 Å². The maximum Gasteiger partial charge on any atom is 0.224 e. The van der Waals surface area contributed by atoms with E-state index >= 15 is 0 Å². The van der Waals surface area contributed by atoms with Crippen LogP contribution in [0.4, 0.5) is 11.4 Å². The molecule has 0 saturated carbocycles. The van der Waals surface area contributed by atoms with E-state index in [0.717, 1.165) is 25.9 Å². The van der Waals surface area contributed by atoms with Crippen molar-refractivity contribution in [3.05, 3.63) is 24.3 Å². The lowest BCUT2D eigenvalue weighted by Crippen LogP contribution is -2.22. The zero-order valence-corrected chi connectivity index (χ0v) is 11.3. The number of hydrogen-bond acceptors (Lipinski definition) is 3.